The first-order valence-corrected chi connectivity index (χ1v) is 8.71. The average Bonchev–Trinajstić information content (AvgIpc) is 2.57. The van der Waals surface area contributed by atoms with Crippen molar-refractivity contribution in [3.05, 3.63) is 107 Å². The van der Waals surface area contributed by atoms with Gasteiger partial charge in [0.2, 0.25) is 0 Å². The summed E-state index contributed by atoms with van der Waals surface area (Å²) in [6, 6.07) is 31.3. The standard InChI is InChI=1S/C21H19S/c1-3-8-18(9-4-1)14-20-12-7-13-21(15-20)17-22-16-19-10-5-2-6-11-19/h1-13H,14,16-17H2. The van der Waals surface area contributed by atoms with Gasteiger partial charge in [0.25, 0.3) is 0 Å². The molecule has 0 saturated carbocycles. The van der Waals surface area contributed by atoms with Crippen LogP contribution < -0.4 is 0 Å². The van der Waals surface area contributed by atoms with Crippen LogP contribution in [0.2, 0.25) is 0 Å². The zero-order valence-corrected chi connectivity index (χ0v) is 13.4. The fraction of sp³-hybridized carbons (Fsp3) is 0.143. The summed E-state index contributed by atoms with van der Waals surface area (Å²) in [6.45, 7) is 0. The Kier molecular flexibility index (Phi) is 5.33. The zero-order valence-electron chi connectivity index (χ0n) is 12.5. The molecule has 0 heterocycles. The Balaban J connectivity index is 1.57. The predicted molar refractivity (Wildman–Crippen MR) is 96.0 cm³/mol. The van der Waals surface area contributed by atoms with Crippen LogP contribution in [0, 0.1) is 6.07 Å². The van der Waals surface area contributed by atoms with Crippen molar-refractivity contribution in [2.75, 3.05) is 0 Å². The van der Waals surface area contributed by atoms with Gasteiger partial charge in [-0.05, 0) is 34.7 Å². The molecule has 0 nitrogen and oxygen atoms in total. The molecular formula is C21H19S. The van der Waals surface area contributed by atoms with Gasteiger partial charge in [0.15, 0.2) is 0 Å². The number of benzene rings is 3. The third-order valence-electron chi connectivity index (χ3n) is 3.52. The Labute approximate surface area is 137 Å². The lowest BCUT2D eigenvalue weighted by Gasteiger charge is -2.06. The van der Waals surface area contributed by atoms with Crippen molar-refractivity contribution in [1.29, 1.82) is 0 Å². The minimum absolute atomic E-state index is 0.956. The molecule has 0 aliphatic rings. The van der Waals surface area contributed by atoms with Crippen LogP contribution >= 0.6 is 11.8 Å². The largest absolute Gasteiger partial charge is 0.152 e. The minimum Gasteiger partial charge on any atom is -0.152 e. The van der Waals surface area contributed by atoms with E-state index in [9.17, 15) is 0 Å². The number of hydrogen-bond acceptors (Lipinski definition) is 1. The maximum Gasteiger partial charge on any atom is 0.0194 e. The highest BCUT2D eigenvalue weighted by molar-refractivity contribution is 7.97. The van der Waals surface area contributed by atoms with Crippen LogP contribution in [-0.4, -0.2) is 0 Å². The normalized spacial score (nSPS) is 10.5. The van der Waals surface area contributed by atoms with Gasteiger partial charge in [-0.25, -0.2) is 0 Å². The van der Waals surface area contributed by atoms with E-state index in [0.717, 1.165) is 17.9 Å². The van der Waals surface area contributed by atoms with Crippen molar-refractivity contribution in [1.82, 2.24) is 0 Å². The molecule has 0 fully saturated rings. The van der Waals surface area contributed by atoms with Gasteiger partial charge < -0.3 is 0 Å². The zero-order chi connectivity index (χ0) is 15.0. The lowest BCUT2D eigenvalue weighted by atomic mass is 10.0. The van der Waals surface area contributed by atoms with Gasteiger partial charge in [-0.2, -0.15) is 11.8 Å². The topological polar surface area (TPSA) is 0 Å². The maximum absolute atomic E-state index is 3.56. The van der Waals surface area contributed by atoms with Gasteiger partial charge in [-0.3, -0.25) is 0 Å². The van der Waals surface area contributed by atoms with Crippen LogP contribution in [-0.2, 0) is 17.9 Å². The Hall–Kier alpha value is -1.99. The first kappa shape index (κ1) is 14.9. The van der Waals surface area contributed by atoms with E-state index in [1.165, 1.54) is 22.3 Å². The maximum atomic E-state index is 3.56. The molecule has 0 unspecified atom stereocenters. The van der Waals surface area contributed by atoms with Gasteiger partial charge in [-0.15, -0.1) is 0 Å². The van der Waals surface area contributed by atoms with Crippen molar-refractivity contribution in [3.8, 4) is 0 Å². The fourth-order valence-electron chi connectivity index (χ4n) is 2.43. The van der Waals surface area contributed by atoms with Crippen LogP contribution in [0.5, 0.6) is 0 Å². The molecule has 0 aromatic heterocycles. The van der Waals surface area contributed by atoms with E-state index in [1.807, 2.05) is 11.8 Å². The van der Waals surface area contributed by atoms with Gasteiger partial charge >= 0.3 is 0 Å². The van der Waals surface area contributed by atoms with Crippen molar-refractivity contribution < 1.29 is 0 Å². The monoisotopic (exact) mass is 303 g/mol. The Morgan fingerprint density at radius 1 is 0.591 bits per heavy atom. The summed E-state index contributed by atoms with van der Waals surface area (Å²) >= 11 is 1.94. The number of rotatable bonds is 6. The van der Waals surface area contributed by atoms with E-state index in [2.05, 4.69) is 84.9 Å². The van der Waals surface area contributed by atoms with Gasteiger partial charge in [0.1, 0.15) is 0 Å². The van der Waals surface area contributed by atoms with Gasteiger partial charge in [0, 0.05) is 11.5 Å². The molecule has 3 aromatic rings. The molecule has 1 heteroatoms. The molecule has 0 saturated heterocycles. The van der Waals surface area contributed by atoms with E-state index in [-0.39, 0.29) is 0 Å². The second-order valence-electron chi connectivity index (χ2n) is 5.34. The van der Waals surface area contributed by atoms with Crippen molar-refractivity contribution >= 4 is 11.8 Å². The summed E-state index contributed by atoms with van der Waals surface area (Å²) in [5.74, 6) is 2.06. The molecule has 0 aliphatic carbocycles. The highest BCUT2D eigenvalue weighted by atomic mass is 32.2. The highest BCUT2D eigenvalue weighted by Crippen LogP contribution is 2.19. The Morgan fingerprint density at radius 3 is 1.95 bits per heavy atom. The summed E-state index contributed by atoms with van der Waals surface area (Å²) in [4.78, 5) is 0. The molecule has 0 N–H and O–H groups in total. The quantitative estimate of drug-likeness (QED) is 0.578. The summed E-state index contributed by atoms with van der Waals surface area (Å²) in [5, 5.41) is 0. The van der Waals surface area contributed by atoms with E-state index in [1.54, 1.807) is 0 Å². The smallest absolute Gasteiger partial charge is 0.0194 e. The molecule has 1 radical (unpaired) electrons. The Morgan fingerprint density at radius 2 is 1.23 bits per heavy atom. The SMILES string of the molecule is [c]1c(CSCc2ccccc2)cccc1Cc1ccccc1. The van der Waals surface area contributed by atoms with E-state index in [0.29, 0.717) is 0 Å². The predicted octanol–water partition coefficient (Wildman–Crippen LogP) is 5.51. The van der Waals surface area contributed by atoms with Crippen molar-refractivity contribution in [2.24, 2.45) is 0 Å². The van der Waals surface area contributed by atoms with Crippen molar-refractivity contribution in [3.63, 3.8) is 0 Å². The first-order valence-electron chi connectivity index (χ1n) is 7.56. The average molecular weight is 303 g/mol. The van der Waals surface area contributed by atoms with Crippen LogP contribution in [0.15, 0.2) is 78.9 Å². The highest BCUT2D eigenvalue weighted by Gasteiger charge is 2.00. The van der Waals surface area contributed by atoms with Crippen molar-refractivity contribution in [2.45, 2.75) is 17.9 Å². The summed E-state index contributed by atoms with van der Waals surface area (Å²) in [7, 11) is 0. The second-order valence-corrected chi connectivity index (χ2v) is 6.33. The Bertz CT molecular complexity index is 689. The summed E-state index contributed by atoms with van der Waals surface area (Å²) in [6.07, 6.45) is 0.956. The molecule has 0 spiro atoms. The molecule has 0 aliphatic heterocycles. The second kappa shape index (κ2) is 7.86. The molecule has 0 amide bonds. The van der Waals surface area contributed by atoms with Crippen LogP contribution in [0.4, 0.5) is 0 Å². The summed E-state index contributed by atoms with van der Waals surface area (Å²) < 4.78 is 0. The van der Waals surface area contributed by atoms with Gasteiger partial charge in [-0.1, -0.05) is 78.9 Å². The lowest BCUT2D eigenvalue weighted by molar-refractivity contribution is 1.17. The third-order valence-corrected chi connectivity index (χ3v) is 4.58. The van der Waals surface area contributed by atoms with Crippen LogP contribution in [0.3, 0.4) is 0 Å². The first-order chi connectivity index (χ1) is 10.9. The minimum atomic E-state index is 0.956. The van der Waals surface area contributed by atoms with Crippen LogP contribution in [0.1, 0.15) is 22.3 Å². The molecular weight excluding hydrogens is 284 g/mol. The van der Waals surface area contributed by atoms with E-state index >= 15 is 0 Å². The molecule has 0 bridgehead atoms. The third kappa shape index (κ3) is 4.51. The lowest BCUT2D eigenvalue weighted by Crippen LogP contribution is -1.91. The van der Waals surface area contributed by atoms with E-state index < -0.39 is 0 Å². The fourth-order valence-corrected chi connectivity index (χ4v) is 3.34. The summed E-state index contributed by atoms with van der Waals surface area (Å²) in [5.41, 5.74) is 5.28. The molecule has 22 heavy (non-hydrogen) atoms. The van der Waals surface area contributed by atoms with Gasteiger partial charge in [0.05, 0.1) is 0 Å². The molecule has 109 valence electrons. The molecule has 3 aromatic carbocycles. The molecule has 0 atom stereocenters. The molecule has 3 rings (SSSR count). The van der Waals surface area contributed by atoms with E-state index in [4.69, 9.17) is 0 Å². The number of thioether (sulfide) groups is 1. The number of hydrogen-bond donors (Lipinski definition) is 0. The van der Waals surface area contributed by atoms with Crippen LogP contribution in [0.25, 0.3) is 0 Å².